The quantitative estimate of drug-likeness (QED) is 0.671. The number of ether oxygens (including phenoxy) is 2. The summed E-state index contributed by atoms with van der Waals surface area (Å²) >= 11 is 6.11. The fraction of sp³-hybridized carbons (Fsp3) is 0.391. The SMILES string of the molecule is COc1ccc(C2(C)NC(=O)N(CN3CCN(c4cccc(Cl)c4)CC3)C2=O)cc1OC. The monoisotopic (exact) mass is 458 g/mol. The molecule has 0 saturated carbocycles. The molecule has 9 heteroatoms. The lowest BCUT2D eigenvalue weighted by Crippen LogP contribution is -2.51. The van der Waals surface area contributed by atoms with Crippen LogP contribution in [0.4, 0.5) is 10.5 Å². The van der Waals surface area contributed by atoms with Gasteiger partial charge in [-0.1, -0.05) is 23.7 Å². The van der Waals surface area contributed by atoms with Crippen molar-refractivity contribution in [1.82, 2.24) is 15.1 Å². The van der Waals surface area contributed by atoms with Crippen molar-refractivity contribution in [3.8, 4) is 11.5 Å². The number of anilines is 1. The number of carbonyl (C=O) groups is 2. The van der Waals surface area contributed by atoms with Crippen LogP contribution >= 0.6 is 11.6 Å². The Hall–Kier alpha value is -2.97. The molecule has 1 atom stereocenters. The zero-order chi connectivity index (χ0) is 22.9. The standard InChI is InChI=1S/C23H27ClN4O4/c1-23(16-7-8-19(31-2)20(13-16)32-3)21(29)28(22(30)25-23)15-26-9-11-27(12-10-26)18-6-4-5-17(24)14-18/h4-8,13-14H,9-12,15H2,1-3H3,(H,25,30). The molecule has 0 aromatic heterocycles. The molecule has 1 unspecified atom stereocenters. The second-order valence-electron chi connectivity index (χ2n) is 8.08. The third kappa shape index (κ3) is 4.08. The number of halogens is 1. The Kier molecular flexibility index (Phi) is 6.17. The molecule has 3 amide bonds. The van der Waals surface area contributed by atoms with Crippen LogP contribution in [0.5, 0.6) is 11.5 Å². The maximum Gasteiger partial charge on any atom is 0.326 e. The van der Waals surface area contributed by atoms with Gasteiger partial charge in [0.25, 0.3) is 5.91 Å². The topological polar surface area (TPSA) is 74.4 Å². The van der Waals surface area contributed by atoms with E-state index in [4.69, 9.17) is 21.1 Å². The minimum absolute atomic E-state index is 0.247. The van der Waals surface area contributed by atoms with Gasteiger partial charge in [0.2, 0.25) is 0 Å². The molecule has 0 radical (unpaired) electrons. The molecule has 170 valence electrons. The van der Waals surface area contributed by atoms with E-state index in [1.165, 1.54) is 12.0 Å². The van der Waals surface area contributed by atoms with Gasteiger partial charge in [-0.25, -0.2) is 9.69 Å². The Morgan fingerprint density at radius 2 is 1.72 bits per heavy atom. The number of methoxy groups -OCH3 is 2. The first-order valence-electron chi connectivity index (χ1n) is 10.4. The molecule has 0 spiro atoms. The molecule has 2 saturated heterocycles. The van der Waals surface area contributed by atoms with Gasteiger partial charge in [-0.05, 0) is 42.8 Å². The Balaban J connectivity index is 1.44. The van der Waals surface area contributed by atoms with Crippen LogP contribution in [-0.2, 0) is 10.3 Å². The van der Waals surface area contributed by atoms with Crippen LogP contribution in [0.2, 0.25) is 5.02 Å². The average Bonchev–Trinajstić information content (AvgIpc) is 3.03. The molecule has 2 aromatic carbocycles. The molecule has 2 heterocycles. The molecule has 0 aliphatic carbocycles. The highest BCUT2D eigenvalue weighted by Crippen LogP contribution is 2.35. The maximum atomic E-state index is 13.3. The summed E-state index contributed by atoms with van der Waals surface area (Å²) in [5.74, 6) is 0.780. The zero-order valence-electron chi connectivity index (χ0n) is 18.4. The van der Waals surface area contributed by atoms with Crippen LogP contribution in [0.25, 0.3) is 0 Å². The second kappa shape index (κ2) is 8.88. The number of hydrogen-bond donors (Lipinski definition) is 1. The zero-order valence-corrected chi connectivity index (χ0v) is 19.2. The summed E-state index contributed by atoms with van der Waals surface area (Å²) in [6, 6.07) is 12.6. The van der Waals surface area contributed by atoms with Gasteiger partial charge in [0.1, 0.15) is 5.54 Å². The van der Waals surface area contributed by atoms with Crippen LogP contribution < -0.4 is 19.7 Å². The van der Waals surface area contributed by atoms with Gasteiger partial charge in [0.05, 0.1) is 20.9 Å². The van der Waals surface area contributed by atoms with Crippen molar-refractivity contribution in [2.24, 2.45) is 0 Å². The summed E-state index contributed by atoms with van der Waals surface area (Å²) in [4.78, 5) is 31.7. The fourth-order valence-electron chi connectivity index (χ4n) is 4.19. The van der Waals surface area contributed by atoms with E-state index in [0.717, 1.165) is 31.9 Å². The fourth-order valence-corrected chi connectivity index (χ4v) is 4.37. The van der Waals surface area contributed by atoms with Crippen molar-refractivity contribution in [3.05, 3.63) is 53.1 Å². The lowest BCUT2D eigenvalue weighted by Gasteiger charge is -2.37. The number of piperazine rings is 1. The molecule has 2 aliphatic rings. The van der Waals surface area contributed by atoms with E-state index >= 15 is 0 Å². The first kappa shape index (κ1) is 22.2. The highest BCUT2D eigenvalue weighted by Gasteiger charge is 2.49. The maximum absolute atomic E-state index is 13.3. The number of amides is 3. The Morgan fingerprint density at radius 1 is 1.00 bits per heavy atom. The van der Waals surface area contributed by atoms with E-state index in [-0.39, 0.29) is 12.6 Å². The number of rotatable bonds is 6. The van der Waals surface area contributed by atoms with Crippen molar-refractivity contribution in [2.45, 2.75) is 12.5 Å². The number of carbonyl (C=O) groups excluding carboxylic acids is 2. The van der Waals surface area contributed by atoms with Gasteiger partial charge < -0.3 is 19.7 Å². The highest BCUT2D eigenvalue weighted by molar-refractivity contribution is 6.30. The van der Waals surface area contributed by atoms with Crippen LogP contribution in [0.1, 0.15) is 12.5 Å². The molecule has 2 aromatic rings. The van der Waals surface area contributed by atoms with E-state index in [1.807, 2.05) is 24.3 Å². The number of hydrogen-bond acceptors (Lipinski definition) is 6. The van der Waals surface area contributed by atoms with E-state index in [0.29, 0.717) is 22.1 Å². The first-order valence-corrected chi connectivity index (χ1v) is 10.8. The summed E-state index contributed by atoms with van der Waals surface area (Å²) in [5.41, 5.74) is 0.550. The van der Waals surface area contributed by atoms with Crippen molar-refractivity contribution in [2.75, 3.05) is 52.0 Å². The normalized spacial score (nSPS) is 21.6. The van der Waals surface area contributed by atoms with Crippen molar-refractivity contribution < 1.29 is 19.1 Å². The molecular formula is C23H27ClN4O4. The van der Waals surface area contributed by atoms with Gasteiger partial charge >= 0.3 is 6.03 Å². The first-order chi connectivity index (χ1) is 15.4. The lowest BCUT2D eigenvalue weighted by atomic mass is 9.91. The van der Waals surface area contributed by atoms with Gasteiger partial charge in [0.15, 0.2) is 11.5 Å². The Bertz CT molecular complexity index is 1020. The molecule has 2 aliphatic heterocycles. The van der Waals surface area contributed by atoms with E-state index in [1.54, 1.807) is 32.2 Å². The van der Waals surface area contributed by atoms with Crippen LogP contribution in [0, 0.1) is 0 Å². The van der Waals surface area contributed by atoms with Crippen LogP contribution in [0.3, 0.4) is 0 Å². The largest absolute Gasteiger partial charge is 0.493 e. The molecule has 4 rings (SSSR count). The van der Waals surface area contributed by atoms with Crippen molar-refractivity contribution in [3.63, 3.8) is 0 Å². The number of benzene rings is 2. The Morgan fingerprint density at radius 3 is 2.38 bits per heavy atom. The molecule has 0 bridgehead atoms. The predicted molar refractivity (Wildman–Crippen MR) is 122 cm³/mol. The number of nitrogens with one attached hydrogen (secondary N) is 1. The summed E-state index contributed by atoms with van der Waals surface area (Å²) < 4.78 is 10.6. The van der Waals surface area contributed by atoms with E-state index in [9.17, 15) is 9.59 Å². The third-order valence-corrected chi connectivity index (χ3v) is 6.36. The lowest BCUT2D eigenvalue weighted by molar-refractivity contribution is -0.132. The van der Waals surface area contributed by atoms with Gasteiger partial charge in [0, 0.05) is 36.9 Å². The number of imide groups is 1. The van der Waals surface area contributed by atoms with E-state index in [2.05, 4.69) is 15.1 Å². The van der Waals surface area contributed by atoms with Crippen molar-refractivity contribution >= 4 is 29.2 Å². The van der Waals surface area contributed by atoms with Gasteiger partial charge in [-0.2, -0.15) is 0 Å². The summed E-state index contributed by atoms with van der Waals surface area (Å²) in [7, 11) is 3.09. The number of urea groups is 1. The summed E-state index contributed by atoms with van der Waals surface area (Å²) in [6.45, 7) is 5.00. The van der Waals surface area contributed by atoms with Gasteiger partial charge in [-0.15, -0.1) is 0 Å². The van der Waals surface area contributed by atoms with Crippen molar-refractivity contribution in [1.29, 1.82) is 0 Å². The van der Waals surface area contributed by atoms with Crippen LogP contribution in [0.15, 0.2) is 42.5 Å². The number of nitrogens with zero attached hydrogens (tertiary/aromatic N) is 3. The predicted octanol–water partition coefficient (Wildman–Crippen LogP) is 2.90. The van der Waals surface area contributed by atoms with Gasteiger partial charge in [-0.3, -0.25) is 9.69 Å². The van der Waals surface area contributed by atoms with E-state index < -0.39 is 11.6 Å². The third-order valence-electron chi connectivity index (χ3n) is 6.12. The summed E-state index contributed by atoms with van der Waals surface area (Å²) in [5, 5.41) is 3.56. The molecule has 1 N–H and O–H groups in total. The highest BCUT2D eigenvalue weighted by atomic mass is 35.5. The Labute approximate surface area is 192 Å². The summed E-state index contributed by atoms with van der Waals surface area (Å²) in [6.07, 6.45) is 0. The molecule has 2 fully saturated rings. The smallest absolute Gasteiger partial charge is 0.326 e. The average molecular weight is 459 g/mol. The minimum atomic E-state index is -1.17. The molecular weight excluding hydrogens is 432 g/mol. The molecule has 8 nitrogen and oxygen atoms in total. The van der Waals surface area contributed by atoms with Crippen LogP contribution in [-0.4, -0.2) is 68.8 Å². The second-order valence-corrected chi connectivity index (χ2v) is 8.52. The molecule has 32 heavy (non-hydrogen) atoms. The minimum Gasteiger partial charge on any atom is -0.493 e.